The van der Waals surface area contributed by atoms with Gasteiger partial charge in [-0.1, -0.05) is 36.4 Å². The third-order valence-corrected chi connectivity index (χ3v) is 7.15. The lowest BCUT2D eigenvalue weighted by Crippen LogP contribution is -2.35. The summed E-state index contributed by atoms with van der Waals surface area (Å²) < 4.78 is 18.4. The molecule has 0 amide bonds. The van der Waals surface area contributed by atoms with Crippen molar-refractivity contribution in [2.75, 3.05) is 19.7 Å². The van der Waals surface area contributed by atoms with E-state index in [1.54, 1.807) is 12.1 Å². The van der Waals surface area contributed by atoms with Gasteiger partial charge in [-0.05, 0) is 54.3 Å². The van der Waals surface area contributed by atoms with Crippen LogP contribution in [-0.4, -0.2) is 40.6 Å². The molecule has 2 aliphatic heterocycles. The summed E-state index contributed by atoms with van der Waals surface area (Å²) in [7, 11) is -3.97. The molecule has 1 fully saturated rings. The summed E-state index contributed by atoms with van der Waals surface area (Å²) in [5, 5.41) is 8.89. The van der Waals surface area contributed by atoms with Crippen molar-refractivity contribution < 1.29 is 23.9 Å². The fourth-order valence-electron chi connectivity index (χ4n) is 4.31. The molecule has 2 heterocycles. The van der Waals surface area contributed by atoms with Gasteiger partial charge in [0.25, 0.3) is 0 Å². The van der Waals surface area contributed by atoms with Crippen LogP contribution >= 0.6 is 7.60 Å². The van der Waals surface area contributed by atoms with E-state index in [1.807, 2.05) is 6.07 Å². The molecule has 29 heavy (non-hydrogen) atoms. The fraction of sp³-hybridized carbons (Fsp3) is 0.318. The highest BCUT2D eigenvalue weighted by molar-refractivity contribution is 7.61. The van der Waals surface area contributed by atoms with Gasteiger partial charge in [0.2, 0.25) is 0 Å². The van der Waals surface area contributed by atoms with E-state index in [2.05, 4.69) is 23.1 Å². The highest BCUT2D eigenvalue weighted by Gasteiger charge is 2.36. The lowest BCUT2D eigenvalue weighted by Gasteiger charge is -2.37. The fourth-order valence-corrected chi connectivity index (χ4v) is 5.37. The van der Waals surface area contributed by atoms with Gasteiger partial charge in [-0.3, -0.25) is 9.46 Å². The molecule has 1 saturated heterocycles. The molecular weight excluding hydrogens is 389 g/mol. The number of carboxylic acids is 1. The Morgan fingerprint density at radius 1 is 1.17 bits per heavy atom. The summed E-state index contributed by atoms with van der Waals surface area (Å²) in [6, 6.07) is 15.0. The monoisotopic (exact) mass is 413 g/mol. The van der Waals surface area contributed by atoms with Gasteiger partial charge in [-0.15, -0.1) is 0 Å². The molecule has 0 saturated carbocycles. The number of carboxylic acid groups (broad SMARTS) is 1. The zero-order valence-electron chi connectivity index (χ0n) is 16.0. The molecule has 3 atom stereocenters. The number of aliphatic carboxylic acids is 1. The second kappa shape index (κ2) is 8.25. The first-order chi connectivity index (χ1) is 13.9. The van der Waals surface area contributed by atoms with Gasteiger partial charge in [0.1, 0.15) is 0 Å². The predicted molar refractivity (Wildman–Crippen MR) is 111 cm³/mol. The Morgan fingerprint density at radius 2 is 1.90 bits per heavy atom. The van der Waals surface area contributed by atoms with Crippen LogP contribution in [0.4, 0.5) is 0 Å². The number of fused-ring (bicyclic) bond motifs is 3. The summed E-state index contributed by atoms with van der Waals surface area (Å²) in [5.74, 6) is -0.989. The normalized spacial score (nSPS) is 23.5. The van der Waals surface area contributed by atoms with E-state index in [9.17, 15) is 14.3 Å². The van der Waals surface area contributed by atoms with Crippen molar-refractivity contribution in [1.82, 2.24) is 4.90 Å². The Hall–Kier alpha value is -2.24. The molecule has 0 bridgehead atoms. The lowest BCUT2D eigenvalue weighted by atomic mass is 9.86. The molecule has 4 rings (SSSR count). The highest BCUT2D eigenvalue weighted by atomic mass is 31.2. The first-order valence-corrected chi connectivity index (χ1v) is 11.3. The largest absolute Gasteiger partial charge is 0.478 e. The minimum Gasteiger partial charge on any atom is -0.478 e. The van der Waals surface area contributed by atoms with E-state index in [0.717, 1.165) is 25.6 Å². The number of benzene rings is 2. The van der Waals surface area contributed by atoms with Gasteiger partial charge >= 0.3 is 13.6 Å². The van der Waals surface area contributed by atoms with E-state index in [1.165, 1.54) is 35.8 Å². The Balaban J connectivity index is 1.47. The number of hydrogen-bond donors (Lipinski definition) is 2. The average Bonchev–Trinajstić information content (AvgIpc) is 3.20. The van der Waals surface area contributed by atoms with Crippen molar-refractivity contribution in [2.24, 2.45) is 0 Å². The molecule has 7 heteroatoms. The molecule has 0 aromatic heterocycles. The van der Waals surface area contributed by atoms with Crippen molar-refractivity contribution in [3.05, 3.63) is 71.3 Å². The van der Waals surface area contributed by atoms with Gasteiger partial charge in [0.05, 0.1) is 11.9 Å². The Bertz CT molecular complexity index is 971. The zero-order chi connectivity index (χ0) is 20.4. The van der Waals surface area contributed by atoms with E-state index < -0.39 is 13.6 Å². The highest BCUT2D eigenvalue weighted by Crippen LogP contribution is 2.45. The first-order valence-electron chi connectivity index (χ1n) is 9.76. The van der Waals surface area contributed by atoms with Gasteiger partial charge in [-0.2, -0.15) is 0 Å². The molecule has 2 N–H and O–H groups in total. The smallest absolute Gasteiger partial charge is 0.358 e. The molecule has 0 spiro atoms. The molecule has 6 nitrogen and oxygen atoms in total. The van der Waals surface area contributed by atoms with Crippen LogP contribution in [0.1, 0.15) is 41.5 Å². The Morgan fingerprint density at radius 3 is 2.62 bits per heavy atom. The quantitative estimate of drug-likeness (QED) is 0.556. The zero-order valence-corrected chi connectivity index (χ0v) is 16.9. The van der Waals surface area contributed by atoms with Gasteiger partial charge in [-0.25, -0.2) is 4.79 Å². The number of hydrogen-bond acceptors (Lipinski definition) is 4. The van der Waals surface area contributed by atoms with Gasteiger partial charge in [0, 0.05) is 24.6 Å². The standard InChI is InChI=1S/C22H24NO5P/c24-22(25)12-9-16-7-10-18(11-8-16)29(26,27)28-15-17-14-23-13-3-6-21(23)20-5-2-1-4-19(17)20/h1-2,4-5,7-12,17,21H,3,6,13-15H2,(H,24,25)(H,26,27)/b12-9+/t17-,21+/m1/s1. The van der Waals surface area contributed by atoms with Crippen LogP contribution in [0.3, 0.4) is 0 Å². The summed E-state index contributed by atoms with van der Waals surface area (Å²) in [4.78, 5) is 23.5. The van der Waals surface area contributed by atoms with Crippen molar-refractivity contribution >= 4 is 24.9 Å². The number of carbonyl (C=O) groups is 1. The van der Waals surface area contributed by atoms with Crippen molar-refractivity contribution in [2.45, 2.75) is 24.8 Å². The maximum atomic E-state index is 12.8. The second-order valence-electron chi connectivity index (χ2n) is 7.56. The van der Waals surface area contributed by atoms with Crippen LogP contribution in [0, 0.1) is 0 Å². The summed E-state index contributed by atoms with van der Waals surface area (Å²) in [6.45, 7) is 2.06. The molecule has 2 aliphatic rings. The summed E-state index contributed by atoms with van der Waals surface area (Å²) in [5.41, 5.74) is 3.16. The summed E-state index contributed by atoms with van der Waals surface area (Å²) in [6.07, 6.45) is 4.79. The topological polar surface area (TPSA) is 87.1 Å². The number of nitrogens with zero attached hydrogens (tertiary/aromatic N) is 1. The first kappa shape index (κ1) is 20.0. The van der Waals surface area contributed by atoms with Crippen LogP contribution in [0.5, 0.6) is 0 Å². The maximum Gasteiger partial charge on any atom is 0.358 e. The van der Waals surface area contributed by atoms with Crippen LogP contribution in [0.25, 0.3) is 6.08 Å². The molecule has 0 aliphatic carbocycles. The van der Waals surface area contributed by atoms with Gasteiger partial charge < -0.3 is 14.5 Å². The molecule has 2 aromatic carbocycles. The van der Waals surface area contributed by atoms with Crippen LogP contribution in [0.2, 0.25) is 0 Å². The molecule has 1 unspecified atom stereocenters. The van der Waals surface area contributed by atoms with Gasteiger partial charge in [0.15, 0.2) is 0 Å². The van der Waals surface area contributed by atoms with E-state index >= 15 is 0 Å². The SMILES string of the molecule is O=C(O)/C=C/c1ccc(P(=O)(O)OC[C@H]2CN3CCC[C@H]3c3ccccc32)cc1. The van der Waals surface area contributed by atoms with Crippen LogP contribution < -0.4 is 5.30 Å². The van der Waals surface area contributed by atoms with E-state index in [0.29, 0.717) is 11.6 Å². The van der Waals surface area contributed by atoms with Crippen LogP contribution in [0.15, 0.2) is 54.6 Å². The van der Waals surface area contributed by atoms with Crippen LogP contribution in [-0.2, 0) is 13.9 Å². The predicted octanol–water partition coefficient (Wildman–Crippen LogP) is 3.55. The molecule has 152 valence electrons. The second-order valence-corrected chi connectivity index (χ2v) is 9.37. The third kappa shape index (κ3) is 4.36. The summed E-state index contributed by atoms with van der Waals surface area (Å²) >= 11 is 0. The Labute approximate surface area is 170 Å². The average molecular weight is 413 g/mol. The molecule has 2 aromatic rings. The number of rotatable bonds is 6. The maximum absolute atomic E-state index is 12.8. The molecule has 0 radical (unpaired) electrons. The third-order valence-electron chi connectivity index (χ3n) is 5.70. The molecular formula is C22H24NO5P. The Kier molecular flexibility index (Phi) is 5.70. The van der Waals surface area contributed by atoms with E-state index in [-0.39, 0.29) is 17.8 Å². The van der Waals surface area contributed by atoms with Crippen molar-refractivity contribution in [3.63, 3.8) is 0 Å². The van der Waals surface area contributed by atoms with Crippen molar-refractivity contribution in [3.8, 4) is 0 Å². The minimum absolute atomic E-state index is 0.0544. The van der Waals surface area contributed by atoms with E-state index in [4.69, 9.17) is 9.63 Å². The van der Waals surface area contributed by atoms with Crippen molar-refractivity contribution in [1.29, 1.82) is 0 Å². The lowest BCUT2D eigenvalue weighted by molar-refractivity contribution is -0.131. The minimum atomic E-state index is -3.97.